The summed E-state index contributed by atoms with van der Waals surface area (Å²) in [6, 6.07) is 9.87. The molecule has 0 aliphatic rings. The predicted molar refractivity (Wildman–Crippen MR) is 88.0 cm³/mol. The van der Waals surface area contributed by atoms with E-state index < -0.39 is 5.97 Å². The van der Waals surface area contributed by atoms with Gasteiger partial charge in [0.25, 0.3) is 0 Å². The summed E-state index contributed by atoms with van der Waals surface area (Å²) in [5.74, 6) is -0.948. The molecule has 0 spiro atoms. The molecule has 22 heavy (non-hydrogen) atoms. The summed E-state index contributed by atoms with van der Waals surface area (Å²) in [5, 5.41) is 16.0. The van der Waals surface area contributed by atoms with Crippen molar-refractivity contribution in [3.05, 3.63) is 58.1 Å². The number of aromatic carboxylic acids is 1. The molecule has 0 fully saturated rings. The second-order valence-electron chi connectivity index (χ2n) is 5.27. The first kappa shape index (κ1) is 14.5. The number of rotatable bonds is 3. The number of nitrogens with zero attached hydrogens (tertiary/aromatic N) is 2. The average Bonchev–Trinajstić information content (AvgIpc) is 3.08. The largest absolute Gasteiger partial charge is 0.478 e. The van der Waals surface area contributed by atoms with Crippen molar-refractivity contribution in [2.75, 3.05) is 0 Å². The Morgan fingerprint density at radius 1 is 1.18 bits per heavy atom. The van der Waals surface area contributed by atoms with Crippen molar-refractivity contribution in [2.24, 2.45) is 0 Å². The number of thiophene rings is 1. The summed E-state index contributed by atoms with van der Waals surface area (Å²) >= 11 is 1.51. The monoisotopic (exact) mass is 312 g/mol. The second-order valence-corrected chi connectivity index (χ2v) is 6.22. The van der Waals surface area contributed by atoms with Gasteiger partial charge in [-0.25, -0.2) is 9.48 Å². The van der Waals surface area contributed by atoms with Crippen molar-refractivity contribution in [3.63, 3.8) is 0 Å². The Morgan fingerprint density at radius 3 is 2.55 bits per heavy atom. The van der Waals surface area contributed by atoms with Crippen LogP contribution < -0.4 is 0 Å². The van der Waals surface area contributed by atoms with Gasteiger partial charge in [-0.2, -0.15) is 5.10 Å². The van der Waals surface area contributed by atoms with E-state index in [-0.39, 0.29) is 5.56 Å². The molecule has 0 unspecified atom stereocenters. The number of benzene rings is 1. The van der Waals surface area contributed by atoms with Crippen LogP contribution in [0, 0.1) is 20.8 Å². The van der Waals surface area contributed by atoms with Crippen molar-refractivity contribution < 1.29 is 9.90 Å². The highest BCUT2D eigenvalue weighted by atomic mass is 32.1. The van der Waals surface area contributed by atoms with Crippen LogP contribution in [0.15, 0.2) is 35.7 Å². The van der Waals surface area contributed by atoms with E-state index in [0.717, 1.165) is 16.1 Å². The van der Waals surface area contributed by atoms with Crippen LogP contribution in [0.4, 0.5) is 0 Å². The number of aryl methyl sites for hydroxylation is 3. The van der Waals surface area contributed by atoms with Gasteiger partial charge in [-0.15, -0.1) is 11.3 Å². The predicted octanol–water partition coefficient (Wildman–Crippen LogP) is 4.22. The third-order valence-electron chi connectivity index (χ3n) is 3.76. The molecule has 1 aromatic carbocycles. The van der Waals surface area contributed by atoms with Gasteiger partial charge in [-0.3, -0.25) is 0 Å². The summed E-state index contributed by atoms with van der Waals surface area (Å²) in [4.78, 5) is 12.6. The summed E-state index contributed by atoms with van der Waals surface area (Å²) < 4.78 is 1.73. The molecule has 2 aromatic heterocycles. The number of carboxylic acids is 1. The van der Waals surface area contributed by atoms with Crippen molar-refractivity contribution >= 4 is 17.3 Å². The fourth-order valence-corrected chi connectivity index (χ4v) is 3.23. The lowest BCUT2D eigenvalue weighted by Crippen LogP contribution is -2.02. The minimum atomic E-state index is -0.948. The Morgan fingerprint density at radius 2 is 1.95 bits per heavy atom. The maximum Gasteiger partial charge on any atom is 0.339 e. The van der Waals surface area contributed by atoms with Crippen molar-refractivity contribution in [2.45, 2.75) is 20.8 Å². The van der Waals surface area contributed by atoms with Gasteiger partial charge in [-0.05, 0) is 55.5 Å². The van der Waals surface area contributed by atoms with Gasteiger partial charge in [0.05, 0.1) is 22.0 Å². The Balaban J connectivity index is 2.30. The molecule has 0 saturated carbocycles. The molecular formula is C17H16N2O2S. The first-order chi connectivity index (χ1) is 10.5. The van der Waals surface area contributed by atoms with Crippen LogP contribution in [0.25, 0.3) is 16.3 Å². The summed E-state index contributed by atoms with van der Waals surface area (Å²) in [6.45, 7) is 5.83. The van der Waals surface area contributed by atoms with Crippen LogP contribution in [-0.4, -0.2) is 20.9 Å². The van der Waals surface area contributed by atoms with Gasteiger partial charge in [0, 0.05) is 0 Å². The van der Waals surface area contributed by atoms with E-state index in [2.05, 4.69) is 12.0 Å². The third kappa shape index (κ3) is 2.33. The molecule has 5 heteroatoms. The summed E-state index contributed by atoms with van der Waals surface area (Å²) in [5.41, 5.74) is 4.66. The Kier molecular flexibility index (Phi) is 3.58. The van der Waals surface area contributed by atoms with E-state index in [1.165, 1.54) is 16.9 Å². The first-order valence-electron chi connectivity index (χ1n) is 6.93. The standard InChI is InChI=1S/C17H16N2O2S/c1-10-6-7-13(9-11(10)2)19-16(14-5-4-8-22-14)15(17(20)21)12(3)18-19/h4-9H,1-3H3,(H,20,21). The SMILES string of the molecule is Cc1ccc(-n2nc(C)c(C(=O)O)c2-c2cccs2)cc1C. The number of aromatic nitrogens is 2. The number of hydrogen-bond acceptors (Lipinski definition) is 3. The van der Waals surface area contributed by atoms with E-state index >= 15 is 0 Å². The van der Waals surface area contributed by atoms with Gasteiger partial charge in [0.1, 0.15) is 5.56 Å². The molecule has 0 atom stereocenters. The van der Waals surface area contributed by atoms with E-state index in [0.29, 0.717) is 11.4 Å². The molecule has 0 amide bonds. The van der Waals surface area contributed by atoms with Crippen molar-refractivity contribution in [1.82, 2.24) is 9.78 Å². The zero-order valence-electron chi connectivity index (χ0n) is 12.6. The first-order valence-corrected chi connectivity index (χ1v) is 7.81. The minimum absolute atomic E-state index is 0.265. The van der Waals surface area contributed by atoms with Gasteiger partial charge >= 0.3 is 5.97 Å². The Bertz CT molecular complexity index is 848. The lowest BCUT2D eigenvalue weighted by Gasteiger charge is -2.09. The summed E-state index contributed by atoms with van der Waals surface area (Å²) in [6.07, 6.45) is 0. The smallest absolute Gasteiger partial charge is 0.339 e. The number of hydrogen-bond donors (Lipinski definition) is 1. The zero-order valence-corrected chi connectivity index (χ0v) is 13.4. The maximum atomic E-state index is 11.7. The van der Waals surface area contributed by atoms with Gasteiger partial charge in [-0.1, -0.05) is 12.1 Å². The number of carbonyl (C=O) groups is 1. The van der Waals surface area contributed by atoms with E-state index in [1.807, 2.05) is 42.6 Å². The van der Waals surface area contributed by atoms with E-state index in [4.69, 9.17) is 0 Å². The zero-order chi connectivity index (χ0) is 15.9. The van der Waals surface area contributed by atoms with Crippen molar-refractivity contribution in [1.29, 1.82) is 0 Å². The van der Waals surface area contributed by atoms with Gasteiger partial charge < -0.3 is 5.11 Å². The van der Waals surface area contributed by atoms with E-state index in [9.17, 15) is 9.90 Å². The van der Waals surface area contributed by atoms with Crippen LogP contribution in [0.5, 0.6) is 0 Å². The second kappa shape index (κ2) is 5.42. The summed E-state index contributed by atoms with van der Waals surface area (Å²) in [7, 11) is 0. The fraction of sp³-hybridized carbons (Fsp3) is 0.176. The molecule has 2 heterocycles. The van der Waals surface area contributed by atoms with Gasteiger partial charge in [0.2, 0.25) is 0 Å². The third-order valence-corrected chi connectivity index (χ3v) is 4.64. The molecule has 3 aromatic rings. The molecule has 112 valence electrons. The Labute approximate surface area is 132 Å². The van der Waals surface area contributed by atoms with Crippen LogP contribution in [0.1, 0.15) is 27.2 Å². The highest BCUT2D eigenvalue weighted by Gasteiger charge is 2.23. The lowest BCUT2D eigenvalue weighted by atomic mass is 10.1. The van der Waals surface area contributed by atoms with Crippen LogP contribution in [0.3, 0.4) is 0 Å². The van der Waals surface area contributed by atoms with E-state index in [1.54, 1.807) is 11.6 Å². The van der Waals surface area contributed by atoms with Crippen LogP contribution in [-0.2, 0) is 0 Å². The maximum absolute atomic E-state index is 11.7. The highest BCUT2D eigenvalue weighted by molar-refractivity contribution is 7.13. The molecule has 0 bridgehead atoms. The Hall–Kier alpha value is -2.40. The fourth-order valence-electron chi connectivity index (χ4n) is 2.47. The van der Waals surface area contributed by atoms with Crippen LogP contribution >= 0.6 is 11.3 Å². The molecule has 0 aliphatic carbocycles. The molecule has 1 N–H and O–H groups in total. The average molecular weight is 312 g/mol. The molecule has 4 nitrogen and oxygen atoms in total. The molecule has 3 rings (SSSR count). The molecule has 0 saturated heterocycles. The van der Waals surface area contributed by atoms with Gasteiger partial charge in [0.15, 0.2) is 0 Å². The quantitative estimate of drug-likeness (QED) is 0.787. The topological polar surface area (TPSA) is 55.1 Å². The number of carboxylic acid groups (broad SMARTS) is 1. The minimum Gasteiger partial charge on any atom is -0.478 e. The molecule has 0 radical (unpaired) electrons. The molecule has 0 aliphatic heterocycles. The highest BCUT2D eigenvalue weighted by Crippen LogP contribution is 2.32. The van der Waals surface area contributed by atoms with Crippen molar-refractivity contribution in [3.8, 4) is 16.3 Å². The lowest BCUT2D eigenvalue weighted by molar-refractivity contribution is 0.0697. The molecular weight excluding hydrogens is 296 g/mol. The van der Waals surface area contributed by atoms with Crippen LogP contribution in [0.2, 0.25) is 0 Å². The normalized spacial score (nSPS) is 10.9.